The highest BCUT2D eigenvalue weighted by Gasteiger charge is 2.37. The first-order valence-corrected chi connectivity index (χ1v) is 12.7. The van der Waals surface area contributed by atoms with Crippen LogP contribution in [0.1, 0.15) is 45.5 Å². The summed E-state index contributed by atoms with van der Waals surface area (Å²) in [6.07, 6.45) is 3.86. The maximum Gasteiger partial charge on any atom is 0.256 e. The number of aromatic nitrogens is 1. The maximum absolute atomic E-state index is 13.7. The zero-order valence-electron chi connectivity index (χ0n) is 20.2. The highest BCUT2D eigenvalue weighted by atomic mass is 35.5. The summed E-state index contributed by atoms with van der Waals surface area (Å²) in [6, 6.07) is 16.6. The van der Waals surface area contributed by atoms with E-state index in [9.17, 15) is 14.4 Å². The summed E-state index contributed by atoms with van der Waals surface area (Å²) in [5.74, 6) is -0.000291. The number of carbonyl (C=O) groups is 3. The van der Waals surface area contributed by atoms with E-state index in [0.717, 1.165) is 18.4 Å². The molecule has 0 aliphatic carbocycles. The van der Waals surface area contributed by atoms with Gasteiger partial charge in [-0.1, -0.05) is 29.8 Å². The Morgan fingerprint density at radius 1 is 1.08 bits per heavy atom. The molecule has 2 aromatic carbocycles. The first-order valence-electron chi connectivity index (χ1n) is 12.3. The van der Waals surface area contributed by atoms with Gasteiger partial charge < -0.3 is 20.3 Å². The third kappa shape index (κ3) is 5.81. The number of halogens is 1. The van der Waals surface area contributed by atoms with E-state index in [1.54, 1.807) is 71.8 Å². The lowest BCUT2D eigenvalue weighted by molar-refractivity contribution is -0.121. The monoisotopic (exact) mass is 518 g/mol. The SMILES string of the molecule is O=C(Nc1ccccn1)c1ccc(CN2C(=O)c3ccc(Cl)cc3NC(=O)C2CC2CCOCC2)cc1. The number of amides is 3. The second kappa shape index (κ2) is 11.1. The molecule has 190 valence electrons. The summed E-state index contributed by atoms with van der Waals surface area (Å²) in [5.41, 5.74) is 2.10. The highest BCUT2D eigenvalue weighted by molar-refractivity contribution is 6.31. The standard InChI is InChI=1S/C28H27ClN4O4/c29-21-8-9-22-23(16-21)31-27(35)24(15-18-10-13-37-14-11-18)33(28(22)36)17-19-4-6-20(7-5-19)26(34)32-25-3-1-2-12-30-25/h1-9,12,16,18,24H,10-11,13-15,17H2,(H,31,35)(H,30,32,34). The number of anilines is 2. The Bertz CT molecular complexity index is 1290. The predicted molar refractivity (Wildman–Crippen MR) is 141 cm³/mol. The van der Waals surface area contributed by atoms with Crippen LogP contribution in [0, 0.1) is 5.92 Å². The van der Waals surface area contributed by atoms with Crippen LogP contribution in [0.3, 0.4) is 0 Å². The summed E-state index contributed by atoms with van der Waals surface area (Å²) in [6.45, 7) is 1.54. The van der Waals surface area contributed by atoms with Crippen LogP contribution in [-0.2, 0) is 16.1 Å². The fourth-order valence-corrected chi connectivity index (χ4v) is 4.93. The van der Waals surface area contributed by atoms with Gasteiger partial charge in [0, 0.05) is 36.5 Å². The third-order valence-electron chi connectivity index (χ3n) is 6.78. The van der Waals surface area contributed by atoms with Gasteiger partial charge in [0.15, 0.2) is 0 Å². The van der Waals surface area contributed by atoms with Crippen molar-refractivity contribution >= 4 is 40.8 Å². The molecule has 0 spiro atoms. The van der Waals surface area contributed by atoms with Crippen molar-refractivity contribution in [3.05, 3.63) is 88.6 Å². The van der Waals surface area contributed by atoms with Crippen molar-refractivity contribution in [2.45, 2.75) is 31.8 Å². The predicted octanol–water partition coefficient (Wildman–Crippen LogP) is 4.77. The van der Waals surface area contributed by atoms with Gasteiger partial charge in [0.2, 0.25) is 5.91 Å². The van der Waals surface area contributed by atoms with E-state index < -0.39 is 6.04 Å². The molecule has 2 aliphatic rings. The molecule has 1 atom stereocenters. The average Bonchev–Trinajstić information content (AvgIpc) is 3.00. The molecule has 9 heteroatoms. The molecular formula is C28H27ClN4O4. The summed E-state index contributed by atoms with van der Waals surface area (Å²) < 4.78 is 5.48. The lowest BCUT2D eigenvalue weighted by Crippen LogP contribution is -2.46. The number of pyridine rings is 1. The molecule has 0 bridgehead atoms. The second-order valence-electron chi connectivity index (χ2n) is 9.29. The maximum atomic E-state index is 13.7. The van der Waals surface area contributed by atoms with Gasteiger partial charge in [0.1, 0.15) is 11.9 Å². The van der Waals surface area contributed by atoms with Gasteiger partial charge in [-0.05, 0) is 73.2 Å². The van der Waals surface area contributed by atoms with Crippen LogP contribution in [0.2, 0.25) is 5.02 Å². The lowest BCUT2D eigenvalue weighted by Gasteiger charge is -2.32. The minimum absolute atomic E-state index is 0.227. The van der Waals surface area contributed by atoms with Crippen LogP contribution >= 0.6 is 11.6 Å². The Kier molecular flexibility index (Phi) is 7.48. The molecule has 0 radical (unpaired) electrons. The Hall–Kier alpha value is -3.75. The van der Waals surface area contributed by atoms with Gasteiger partial charge in [-0.2, -0.15) is 0 Å². The van der Waals surface area contributed by atoms with Crippen LogP contribution in [0.15, 0.2) is 66.9 Å². The Labute approximate surface area is 220 Å². The smallest absolute Gasteiger partial charge is 0.256 e. The number of ether oxygens (including phenoxy) is 1. The molecule has 0 saturated carbocycles. The molecule has 2 aliphatic heterocycles. The number of nitrogens with zero attached hydrogens (tertiary/aromatic N) is 2. The quantitative estimate of drug-likeness (QED) is 0.489. The summed E-state index contributed by atoms with van der Waals surface area (Å²) >= 11 is 6.15. The highest BCUT2D eigenvalue weighted by Crippen LogP contribution is 2.31. The van der Waals surface area contributed by atoms with Crippen molar-refractivity contribution in [2.24, 2.45) is 5.92 Å². The number of rotatable bonds is 6. The van der Waals surface area contributed by atoms with E-state index in [4.69, 9.17) is 16.3 Å². The van der Waals surface area contributed by atoms with Gasteiger partial charge >= 0.3 is 0 Å². The van der Waals surface area contributed by atoms with Crippen LogP contribution < -0.4 is 10.6 Å². The number of carbonyl (C=O) groups excluding carboxylic acids is 3. The van der Waals surface area contributed by atoms with E-state index in [1.807, 2.05) is 0 Å². The largest absolute Gasteiger partial charge is 0.381 e. The summed E-state index contributed by atoms with van der Waals surface area (Å²) in [5, 5.41) is 6.13. The van der Waals surface area contributed by atoms with Crippen LogP contribution in [0.25, 0.3) is 0 Å². The molecule has 1 aromatic heterocycles. The Morgan fingerprint density at radius 2 is 1.86 bits per heavy atom. The van der Waals surface area contributed by atoms with Crippen molar-refractivity contribution < 1.29 is 19.1 Å². The molecule has 1 saturated heterocycles. The van der Waals surface area contributed by atoms with Gasteiger partial charge in [-0.15, -0.1) is 0 Å². The summed E-state index contributed by atoms with van der Waals surface area (Å²) in [7, 11) is 0. The second-order valence-corrected chi connectivity index (χ2v) is 9.72. The summed E-state index contributed by atoms with van der Waals surface area (Å²) in [4.78, 5) is 45.5. The molecule has 37 heavy (non-hydrogen) atoms. The van der Waals surface area contributed by atoms with Gasteiger partial charge in [0.05, 0.1) is 11.3 Å². The van der Waals surface area contributed by atoms with Crippen LogP contribution in [-0.4, -0.2) is 46.9 Å². The fourth-order valence-electron chi connectivity index (χ4n) is 4.76. The van der Waals surface area contributed by atoms with E-state index in [2.05, 4.69) is 15.6 Å². The van der Waals surface area contributed by atoms with Crippen LogP contribution in [0.4, 0.5) is 11.5 Å². The number of benzene rings is 2. The van der Waals surface area contributed by atoms with Crippen molar-refractivity contribution in [1.82, 2.24) is 9.88 Å². The van der Waals surface area contributed by atoms with Crippen molar-refractivity contribution in [2.75, 3.05) is 23.8 Å². The first kappa shape index (κ1) is 24.9. The normalized spacial score (nSPS) is 18.1. The third-order valence-corrected chi connectivity index (χ3v) is 7.02. The molecule has 2 N–H and O–H groups in total. The van der Waals surface area contributed by atoms with Crippen molar-refractivity contribution in [3.63, 3.8) is 0 Å². The van der Waals surface area contributed by atoms with Crippen molar-refractivity contribution in [1.29, 1.82) is 0 Å². The first-order chi connectivity index (χ1) is 18.0. The van der Waals surface area contributed by atoms with Crippen molar-refractivity contribution in [3.8, 4) is 0 Å². The van der Waals surface area contributed by atoms with Gasteiger partial charge in [-0.25, -0.2) is 4.98 Å². The van der Waals surface area contributed by atoms with E-state index in [1.165, 1.54) is 0 Å². The molecule has 8 nitrogen and oxygen atoms in total. The Morgan fingerprint density at radius 3 is 2.59 bits per heavy atom. The Balaban J connectivity index is 1.39. The van der Waals surface area contributed by atoms with E-state index >= 15 is 0 Å². The molecule has 3 amide bonds. The van der Waals surface area contributed by atoms with Gasteiger partial charge in [-0.3, -0.25) is 14.4 Å². The van der Waals surface area contributed by atoms with E-state index in [0.29, 0.717) is 47.3 Å². The average molecular weight is 519 g/mol. The number of hydrogen-bond acceptors (Lipinski definition) is 5. The zero-order chi connectivity index (χ0) is 25.8. The lowest BCUT2D eigenvalue weighted by atomic mass is 9.91. The van der Waals surface area contributed by atoms with Gasteiger partial charge in [0.25, 0.3) is 11.8 Å². The number of hydrogen-bond donors (Lipinski definition) is 2. The molecule has 3 heterocycles. The topological polar surface area (TPSA) is 101 Å². The number of fused-ring (bicyclic) bond motifs is 1. The van der Waals surface area contributed by atoms with Crippen LogP contribution in [0.5, 0.6) is 0 Å². The molecular weight excluding hydrogens is 492 g/mol. The fraction of sp³-hybridized carbons (Fsp3) is 0.286. The molecule has 5 rings (SSSR count). The molecule has 1 unspecified atom stereocenters. The number of nitrogens with one attached hydrogen (secondary N) is 2. The zero-order valence-corrected chi connectivity index (χ0v) is 20.9. The molecule has 1 fully saturated rings. The van der Waals surface area contributed by atoms with E-state index in [-0.39, 0.29) is 30.2 Å². The minimum atomic E-state index is -0.645. The minimum Gasteiger partial charge on any atom is -0.381 e. The molecule has 3 aromatic rings.